The topological polar surface area (TPSA) is 111 Å². The summed E-state index contributed by atoms with van der Waals surface area (Å²) >= 11 is 0. The summed E-state index contributed by atoms with van der Waals surface area (Å²) in [6.07, 6.45) is 1.39. The fraction of sp³-hybridized carbons (Fsp3) is 0.370. The second-order valence-electron chi connectivity index (χ2n) is 10.1. The minimum absolute atomic E-state index is 0.0793. The predicted octanol–water partition coefficient (Wildman–Crippen LogP) is 5.48. The van der Waals surface area contributed by atoms with Crippen molar-refractivity contribution in [3.63, 3.8) is 0 Å². The van der Waals surface area contributed by atoms with Gasteiger partial charge in [0.2, 0.25) is 0 Å². The molecule has 35 heavy (non-hydrogen) atoms. The molecule has 0 saturated heterocycles. The van der Waals surface area contributed by atoms with Crippen molar-refractivity contribution in [2.75, 3.05) is 5.32 Å². The van der Waals surface area contributed by atoms with Crippen molar-refractivity contribution in [1.29, 1.82) is 0 Å². The molecule has 0 unspecified atom stereocenters. The Morgan fingerprint density at radius 1 is 1.17 bits per heavy atom. The van der Waals surface area contributed by atoms with Crippen LogP contribution in [0.2, 0.25) is 0 Å². The average Bonchev–Trinajstić information content (AvgIpc) is 2.81. The second kappa shape index (κ2) is 9.44. The van der Waals surface area contributed by atoms with Crippen molar-refractivity contribution in [3.05, 3.63) is 75.5 Å². The van der Waals surface area contributed by atoms with Crippen LogP contribution < -0.4 is 5.32 Å². The lowest BCUT2D eigenvalue weighted by atomic mass is 9.70. The minimum atomic E-state index is -1.11. The largest absolute Gasteiger partial charge is 0.449 e. The molecule has 3 aromatic rings. The van der Waals surface area contributed by atoms with E-state index in [0.29, 0.717) is 16.9 Å². The summed E-state index contributed by atoms with van der Waals surface area (Å²) in [6, 6.07) is 13.1. The molecule has 2 aromatic carbocycles. The van der Waals surface area contributed by atoms with Gasteiger partial charge in [-0.1, -0.05) is 45.0 Å². The Bertz CT molecular complexity index is 1310. The van der Waals surface area contributed by atoms with Gasteiger partial charge >= 0.3 is 5.97 Å². The Labute approximate surface area is 203 Å². The lowest BCUT2D eigenvalue weighted by Crippen LogP contribution is -2.32. The van der Waals surface area contributed by atoms with Gasteiger partial charge in [-0.2, -0.15) is 0 Å². The van der Waals surface area contributed by atoms with Crippen LogP contribution in [0.1, 0.15) is 55.7 Å². The maximum absolute atomic E-state index is 13.5. The highest BCUT2D eigenvalue weighted by Gasteiger charge is 2.33. The first-order chi connectivity index (χ1) is 16.5. The second-order valence-corrected chi connectivity index (χ2v) is 10.1. The molecule has 1 aromatic heterocycles. The van der Waals surface area contributed by atoms with Crippen molar-refractivity contribution in [2.24, 2.45) is 11.3 Å². The maximum atomic E-state index is 13.5. The fourth-order valence-electron chi connectivity index (χ4n) is 4.57. The third-order valence-electron chi connectivity index (χ3n) is 6.67. The van der Waals surface area contributed by atoms with Crippen molar-refractivity contribution in [3.8, 4) is 0 Å². The zero-order chi connectivity index (χ0) is 25.3. The molecule has 8 nitrogen and oxygen atoms in total. The number of amides is 1. The number of rotatable bonds is 5. The quantitative estimate of drug-likeness (QED) is 0.297. The number of aryl methyl sites for hydroxylation is 1. The smallest absolute Gasteiger partial charge is 0.339 e. The van der Waals surface area contributed by atoms with Crippen molar-refractivity contribution in [2.45, 2.75) is 53.1 Å². The van der Waals surface area contributed by atoms with E-state index < -0.39 is 22.9 Å². The van der Waals surface area contributed by atoms with E-state index in [-0.39, 0.29) is 16.8 Å². The highest BCUT2D eigenvalue weighted by Crippen LogP contribution is 2.39. The number of nitro benzene ring substituents is 1. The summed E-state index contributed by atoms with van der Waals surface area (Å²) in [6.45, 7) is 8.10. The Morgan fingerprint density at radius 2 is 1.91 bits per heavy atom. The number of nitrogens with zero attached hydrogens (tertiary/aromatic N) is 2. The molecule has 0 spiro atoms. The molecule has 0 saturated carbocycles. The van der Waals surface area contributed by atoms with Gasteiger partial charge < -0.3 is 10.1 Å². The lowest BCUT2D eigenvalue weighted by Gasteiger charge is -2.35. The van der Waals surface area contributed by atoms with Crippen LogP contribution in [0.3, 0.4) is 0 Å². The molecule has 8 heteroatoms. The number of nitrogens with one attached hydrogen (secondary N) is 1. The van der Waals surface area contributed by atoms with Crippen LogP contribution in [0.15, 0.2) is 48.5 Å². The van der Waals surface area contributed by atoms with E-state index in [9.17, 15) is 19.7 Å². The third kappa shape index (κ3) is 5.16. The molecule has 1 heterocycles. The van der Waals surface area contributed by atoms with Crippen LogP contribution >= 0.6 is 0 Å². The molecule has 4 rings (SSSR count). The number of para-hydroxylation sites is 1. The Hall–Kier alpha value is -3.81. The molecule has 0 radical (unpaired) electrons. The number of esters is 1. The SMILES string of the molecule is C[C@H](OC(=O)c1c2c(nc3ccccc13)CC[C@@H](C(C)(C)C)C2)C(=O)Nc1cccc([N+](=O)[O-])c1. The molecule has 0 bridgehead atoms. The average molecular weight is 476 g/mol. The number of nitro groups is 1. The van der Waals surface area contributed by atoms with Gasteiger partial charge in [-0.25, -0.2) is 4.79 Å². The lowest BCUT2D eigenvalue weighted by molar-refractivity contribution is -0.384. The monoisotopic (exact) mass is 475 g/mol. The number of carbonyl (C=O) groups excluding carboxylic acids is 2. The fourth-order valence-corrected chi connectivity index (χ4v) is 4.57. The van der Waals surface area contributed by atoms with E-state index >= 15 is 0 Å². The molecule has 0 aliphatic heterocycles. The van der Waals surface area contributed by atoms with Crippen LogP contribution in [-0.4, -0.2) is 27.9 Å². The Kier molecular flexibility index (Phi) is 6.56. The van der Waals surface area contributed by atoms with Crippen molar-refractivity contribution in [1.82, 2.24) is 4.98 Å². The van der Waals surface area contributed by atoms with E-state index in [2.05, 4.69) is 26.1 Å². The molecular weight excluding hydrogens is 446 g/mol. The standard InChI is InChI=1S/C27H29N3O5/c1-16(25(31)28-18-8-7-9-19(15-18)30(33)34)35-26(32)24-20-10-5-6-11-22(20)29-23-13-12-17(14-21(23)24)27(2,3)4/h5-11,15-17H,12-14H2,1-4H3,(H,28,31)/t16-,17+/m0/s1. The molecule has 1 amide bonds. The minimum Gasteiger partial charge on any atom is -0.449 e. The van der Waals surface area contributed by atoms with Gasteiger partial charge in [-0.3, -0.25) is 19.9 Å². The number of hydrogen-bond acceptors (Lipinski definition) is 6. The normalized spacial score (nSPS) is 16.3. The van der Waals surface area contributed by atoms with E-state index in [0.717, 1.165) is 36.0 Å². The van der Waals surface area contributed by atoms with Gasteiger partial charge in [0.1, 0.15) is 0 Å². The molecule has 1 aliphatic carbocycles. The van der Waals surface area contributed by atoms with Gasteiger partial charge in [0, 0.05) is 28.9 Å². The van der Waals surface area contributed by atoms with E-state index in [1.165, 1.54) is 25.1 Å². The van der Waals surface area contributed by atoms with Crippen molar-refractivity contribution < 1.29 is 19.2 Å². The first-order valence-electron chi connectivity index (χ1n) is 11.7. The molecule has 2 atom stereocenters. The first kappa shape index (κ1) is 24.3. The van der Waals surface area contributed by atoms with Gasteiger partial charge in [0.05, 0.1) is 16.0 Å². The highest BCUT2D eigenvalue weighted by atomic mass is 16.6. The number of fused-ring (bicyclic) bond motifs is 2. The molecule has 182 valence electrons. The van der Waals surface area contributed by atoms with Gasteiger partial charge in [0.25, 0.3) is 11.6 Å². The summed E-state index contributed by atoms with van der Waals surface area (Å²) in [5, 5.41) is 14.3. The molecule has 1 N–H and O–H groups in total. The number of ether oxygens (including phenoxy) is 1. The number of carbonyl (C=O) groups is 2. The zero-order valence-electron chi connectivity index (χ0n) is 20.3. The summed E-state index contributed by atoms with van der Waals surface area (Å²) in [5.41, 5.74) is 3.19. The Balaban J connectivity index is 1.61. The summed E-state index contributed by atoms with van der Waals surface area (Å²) in [5.74, 6) is -0.756. The third-order valence-corrected chi connectivity index (χ3v) is 6.67. The van der Waals surface area contributed by atoms with Crippen LogP contribution in [0.4, 0.5) is 11.4 Å². The number of aromatic nitrogens is 1. The van der Waals surface area contributed by atoms with E-state index in [4.69, 9.17) is 9.72 Å². The van der Waals surface area contributed by atoms with Gasteiger partial charge in [0.15, 0.2) is 6.10 Å². The van der Waals surface area contributed by atoms with E-state index in [1.54, 1.807) is 6.07 Å². The number of hydrogen-bond donors (Lipinski definition) is 1. The maximum Gasteiger partial charge on any atom is 0.339 e. The Morgan fingerprint density at radius 3 is 2.63 bits per heavy atom. The number of benzene rings is 2. The van der Waals surface area contributed by atoms with Crippen LogP contribution in [0, 0.1) is 21.4 Å². The number of non-ortho nitro benzene ring substituents is 1. The first-order valence-corrected chi connectivity index (χ1v) is 11.7. The van der Waals surface area contributed by atoms with E-state index in [1.807, 2.05) is 24.3 Å². The summed E-state index contributed by atoms with van der Waals surface area (Å²) < 4.78 is 5.63. The van der Waals surface area contributed by atoms with Crippen LogP contribution in [0.25, 0.3) is 10.9 Å². The predicted molar refractivity (Wildman–Crippen MR) is 133 cm³/mol. The van der Waals surface area contributed by atoms with Gasteiger partial charge in [-0.15, -0.1) is 0 Å². The van der Waals surface area contributed by atoms with Crippen LogP contribution in [0.5, 0.6) is 0 Å². The summed E-state index contributed by atoms with van der Waals surface area (Å²) in [7, 11) is 0. The van der Waals surface area contributed by atoms with Crippen molar-refractivity contribution >= 4 is 34.2 Å². The van der Waals surface area contributed by atoms with Crippen LogP contribution in [-0.2, 0) is 22.4 Å². The number of pyridine rings is 1. The molecule has 0 fully saturated rings. The zero-order valence-corrected chi connectivity index (χ0v) is 20.3. The van der Waals surface area contributed by atoms with Gasteiger partial charge in [-0.05, 0) is 55.2 Å². The summed E-state index contributed by atoms with van der Waals surface area (Å²) in [4.78, 5) is 41.5. The number of anilines is 1. The highest BCUT2D eigenvalue weighted by molar-refractivity contribution is 6.06. The molecular formula is C27H29N3O5. The molecule has 1 aliphatic rings.